The van der Waals surface area contributed by atoms with Crippen molar-refractivity contribution < 1.29 is 14.4 Å². The molecule has 5 heteroatoms. The summed E-state index contributed by atoms with van der Waals surface area (Å²) in [6.45, 7) is 4.09. The maximum Gasteiger partial charge on any atom is 0.255 e. The van der Waals surface area contributed by atoms with Crippen LogP contribution < -0.4 is 10.2 Å². The van der Waals surface area contributed by atoms with Crippen molar-refractivity contribution in [3.8, 4) is 0 Å². The van der Waals surface area contributed by atoms with Crippen molar-refractivity contribution in [2.75, 3.05) is 10.2 Å². The topological polar surface area (TPSA) is 66.5 Å². The highest BCUT2D eigenvalue weighted by molar-refractivity contribution is 6.23. The van der Waals surface area contributed by atoms with Gasteiger partial charge < -0.3 is 5.32 Å². The Morgan fingerprint density at radius 3 is 2.63 bits per heavy atom. The van der Waals surface area contributed by atoms with E-state index in [1.54, 1.807) is 24.3 Å². The second-order valence-corrected chi connectivity index (χ2v) is 8.50. The molecule has 2 fully saturated rings. The molecular formula is C25H24N2O3. The van der Waals surface area contributed by atoms with Crippen LogP contribution in [0.5, 0.6) is 0 Å². The number of carbonyl (C=O) groups is 3. The van der Waals surface area contributed by atoms with Crippen LogP contribution in [0, 0.1) is 23.7 Å². The van der Waals surface area contributed by atoms with Gasteiger partial charge in [-0.25, -0.2) is 4.90 Å². The van der Waals surface area contributed by atoms with Gasteiger partial charge in [0.15, 0.2) is 0 Å². The number of imide groups is 1. The minimum absolute atomic E-state index is 0.126. The first-order chi connectivity index (χ1) is 14.5. The van der Waals surface area contributed by atoms with Gasteiger partial charge in [0, 0.05) is 11.3 Å². The molecule has 3 aliphatic rings. The molecule has 1 heterocycles. The minimum atomic E-state index is -0.255. The molecule has 5 rings (SSSR count). The van der Waals surface area contributed by atoms with E-state index in [0.717, 1.165) is 24.1 Å². The summed E-state index contributed by atoms with van der Waals surface area (Å²) in [5.74, 6) is -0.665. The van der Waals surface area contributed by atoms with Gasteiger partial charge in [-0.3, -0.25) is 14.4 Å². The molecule has 1 saturated heterocycles. The van der Waals surface area contributed by atoms with Crippen molar-refractivity contribution in [2.45, 2.75) is 26.7 Å². The van der Waals surface area contributed by atoms with Crippen LogP contribution in [0.4, 0.5) is 11.4 Å². The summed E-state index contributed by atoms with van der Waals surface area (Å²) in [5, 5.41) is 2.95. The number of hydrogen-bond acceptors (Lipinski definition) is 3. The number of benzene rings is 2. The van der Waals surface area contributed by atoms with Gasteiger partial charge in [-0.1, -0.05) is 42.8 Å². The van der Waals surface area contributed by atoms with Crippen LogP contribution in [0.25, 0.3) is 0 Å². The molecule has 2 bridgehead atoms. The number of amides is 3. The number of rotatable bonds is 4. The number of allylic oxidation sites excluding steroid dienone is 2. The van der Waals surface area contributed by atoms with Crippen LogP contribution in [-0.2, 0) is 16.0 Å². The fraction of sp³-hybridized carbons (Fsp3) is 0.320. The van der Waals surface area contributed by atoms with Gasteiger partial charge in [0.05, 0.1) is 17.5 Å². The van der Waals surface area contributed by atoms with E-state index in [1.807, 2.05) is 31.2 Å². The molecular weight excluding hydrogens is 376 g/mol. The molecule has 0 aromatic heterocycles. The zero-order valence-electron chi connectivity index (χ0n) is 17.1. The molecule has 2 aromatic rings. The van der Waals surface area contributed by atoms with Gasteiger partial charge in [-0.05, 0) is 61.4 Å². The number of anilines is 2. The smallest absolute Gasteiger partial charge is 0.255 e. The minimum Gasteiger partial charge on any atom is -0.322 e. The molecule has 2 aromatic carbocycles. The van der Waals surface area contributed by atoms with Gasteiger partial charge in [0.25, 0.3) is 5.91 Å². The van der Waals surface area contributed by atoms with Crippen LogP contribution in [0.3, 0.4) is 0 Å². The number of fused-ring (bicyclic) bond motifs is 5. The second kappa shape index (κ2) is 6.94. The zero-order chi connectivity index (χ0) is 21.0. The molecule has 0 radical (unpaired) electrons. The first-order valence-corrected chi connectivity index (χ1v) is 10.5. The molecule has 0 spiro atoms. The highest BCUT2D eigenvalue weighted by atomic mass is 16.2. The molecule has 3 amide bonds. The largest absolute Gasteiger partial charge is 0.322 e. The third-order valence-electron chi connectivity index (χ3n) is 6.89. The maximum absolute atomic E-state index is 13.2. The van der Waals surface area contributed by atoms with Crippen LogP contribution in [0.15, 0.2) is 60.2 Å². The predicted molar refractivity (Wildman–Crippen MR) is 115 cm³/mol. The Morgan fingerprint density at radius 2 is 1.83 bits per heavy atom. The lowest BCUT2D eigenvalue weighted by Crippen LogP contribution is -2.33. The van der Waals surface area contributed by atoms with E-state index >= 15 is 0 Å². The average molecular weight is 400 g/mol. The summed E-state index contributed by atoms with van der Waals surface area (Å²) < 4.78 is 0. The summed E-state index contributed by atoms with van der Waals surface area (Å²) in [4.78, 5) is 40.5. The molecule has 0 unspecified atom stereocenters. The van der Waals surface area contributed by atoms with E-state index < -0.39 is 0 Å². The normalized spacial score (nSPS) is 26.7. The molecule has 2 aliphatic carbocycles. The molecule has 5 nitrogen and oxygen atoms in total. The summed E-state index contributed by atoms with van der Waals surface area (Å²) in [6.07, 6.45) is 3.88. The molecule has 4 atom stereocenters. The van der Waals surface area contributed by atoms with Crippen molar-refractivity contribution in [1.29, 1.82) is 0 Å². The lowest BCUT2D eigenvalue weighted by atomic mass is 9.82. The quantitative estimate of drug-likeness (QED) is 0.618. The summed E-state index contributed by atoms with van der Waals surface area (Å²) >= 11 is 0. The van der Waals surface area contributed by atoms with Crippen LogP contribution in [-0.4, -0.2) is 17.7 Å². The van der Waals surface area contributed by atoms with Crippen LogP contribution in [0.1, 0.15) is 36.2 Å². The number of nitrogens with one attached hydrogen (secondary N) is 1. The lowest BCUT2D eigenvalue weighted by Gasteiger charge is -2.19. The van der Waals surface area contributed by atoms with Crippen molar-refractivity contribution in [2.24, 2.45) is 23.7 Å². The highest BCUT2D eigenvalue weighted by Crippen LogP contribution is 2.55. The van der Waals surface area contributed by atoms with Gasteiger partial charge in [-0.15, -0.1) is 0 Å². The fourth-order valence-corrected chi connectivity index (χ4v) is 5.46. The Kier molecular flexibility index (Phi) is 4.35. The Hall–Kier alpha value is -3.21. The number of aryl methyl sites for hydroxylation is 1. The first-order valence-electron chi connectivity index (χ1n) is 10.5. The van der Waals surface area contributed by atoms with E-state index in [0.29, 0.717) is 11.3 Å². The van der Waals surface area contributed by atoms with Gasteiger partial charge in [0.1, 0.15) is 0 Å². The maximum atomic E-state index is 13.2. The van der Waals surface area contributed by atoms with Gasteiger partial charge >= 0.3 is 0 Å². The summed E-state index contributed by atoms with van der Waals surface area (Å²) in [6, 6.07) is 14.5. The molecule has 152 valence electrons. The number of carbonyl (C=O) groups excluding carboxylic acids is 3. The van der Waals surface area contributed by atoms with Crippen molar-refractivity contribution in [1.82, 2.24) is 0 Å². The summed E-state index contributed by atoms with van der Waals surface area (Å²) in [5.41, 5.74) is 3.96. The van der Waals surface area contributed by atoms with Crippen LogP contribution in [0.2, 0.25) is 0 Å². The van der Waals surface area contributed by atoms with E-state index in [9.17, 15) is 14.4 Å². The standard InChI is InChI=1S/C25H24N2O3/c1-3-15-7-4-5-10-20(15)26-23(28)16-8-6-9-18(12-16)27-24(29)21-17-11-14(2)19(13-17)22(21)25(27)30/h4-12,17,19,21-22H,3,13H2,1-2H3,(H,26,28)/t17-,19+,21+,22+/m0/s1. The second-order valence-electron chi connectivity index (χ2n) is 8.50. The number of nitrogens with zero attached hydrogens (tertiary/aromatic N) is 1. The van der Waals surface area contributed by atoms with Crippen molar-refractivity contribution in [3.05, 3.63) is 71.3 Å². The Balaban J connectivity index is 1.41. The third-order valence-corrected chi connectivity index (χ3v) is 6.89. The van der Waals surface area contributed by atoms with E-state index in [-0.39, 0.29) is 41.4 Å². The van der Waals surface area contributed by atoms with Gasteiger partial charge in [-0.2, -0.15) is 0 Å². The Morgan fingerprint density at radius 1 is 1.07 bits per heavy atom. The van der Waals surface area contributed by atoms with E-state index in [1.165, 1.54) is 10.5 Å². The third kappa shape index (κ3) is 2.72. The molecule has 1 N–H and O–H groups in total. The van der Waals surface area contributed by atoms with Crippen molar-refractivity contribution >= 4 is 29.1 Å². The first kappa shape index (κ1) is 18.8. The molecule has 1 saturated carbocycles. The Bertz CT molecular complexity index is 1100. The SMILES string of the molecule is CCc1ccccc1NC(=O)c1cccc(N2C(=O)[C@H]3[C@H](C2=O)[C@H]2C=C(C)[C@H]3C2)c1. The number of para-hydroxylation sites is 1. The molecule has 1 aliphatic heterocycles. The van der Waals surface area contributed by atoms with E-state index in [2.05, 4.69) is 18.3 Å². The fourth-order valence-electron chi connectivity index (χ4n) is 5.46. The van der Waals surface area contributed by atoms with E-state index in [4.69, 9.17) is 0 Å². The molecule has 30 heavy (non-hydrogen) atoms. The monoisotopic (exact) mass is 400 g/mol. The highest BCUT2D eigenvalue weighted by Gasteiger charge is 2.60. The lowest BCUT2D eigenvalue weighted by molar-refractivity contribution is -0.123. The number of hydrogen-bond donors (Lipinski definition) is 1. The average Bonchev–Trinajstić information content (AvgIpc) is 3.39. The zero-order valence-corrected chi connectivity index (χ0v) is 17.1. The van der Waals surface area contributed by atoms with Crippen molar-refractivity contribution in [3.63, 3.8) is 0 Å². The summed E-state index contributed by atoms with van der Waals surface area (Å²) in [7, 11) is 0. The predicted octanol–water partition coefficient (Wildman–Crippen LogP) is 4.20. The Labute approximate surface area is 175 Å². The van der Waals surface area contributed by atoms with Crippen LogP contribution >= 0.6 is 0 Å². The van der Waals surface area contributed by atoms with Gasteiger partial charge in [0.2, 0.25) is 11.8 Å².